The molecule has 1 aromatic rings. The van der Waals surface area contributed by atoms with Crippen LogP contribution in [0.2, 0.25) is 0 Å². The van der Waals surface area contributed by atoms with Gasteiger partial charge in [-0.05, 0) is 12.8 Å². The van der Waals surface area contributed by atoms with Gasteiger partial charge in [0.25, 0.3) is 0 Å². The van der Waals surface area contributed by atoms with Crippen LogP contribution in [0.15, 0.2) is 0 Å². The van der Waals surface area contributed by atoms with E-state index in [-0.39, 0.29) is 4.75 Å². The fourth-order valence-corrected chi connectivity index (χ4v) is 3.15. The number of rotatable bonds is 3. The zero-order valence-corrected chi connectivity index (χ0v) is 12.9. The van der Waals surface area contributed by atoms with Gasteiger partial charge in [0.15, 0.2) is 0 Å². The Labute approximate surface area is 120 Å². The van der Waals surface area contributed by atoms with E-state index in [1.807, 2.05) is 11.8 Å². The lowest BCUT2D eigenvalue weighted by atomic mass is 10.0. The van der Waals surface area contributed by atoms with E-state index in [1.165, 1.54) is 29.8 Å². The number of hydrogen-bond donors (Lipinski definition) is 1. The fourth-order valence-electron chi connectivity index (χ4n) is 2.46. The van der Waals surface area contributed by atoms with Crippen molar-refractivity contribution in [2.75, 3.05) is 6.54 Å². The van der Waals surface area contributed by atoms with Crippen LogP contribution in [0.4, 0.5) is 0 Å². The number of thioether (sulfide) groups is 1. The molecule has 0 amide bonds. The molecule has 0 aromatic carbocycles. The molecule has 2 heterocycles. The third-order valence-electron chi connectivity index (χ3n) is 3.61. The first-order valence-corrected chi connectivity index (χ1v) is 8.25. The van der Waals surface area contributed by atoms with Crippen molar-refractivity contribution in [1.29, 1.82) is 0 Å². The molecule has 2 aliphatic rings. The quantitative estimate of drug-likeness (QED) is 0.921. The van der Waals surface area contributed by atoms with Crippen molar-refractivity contribution in [2.45, 2.75) is 63.0 Å². The van der Waals surface area contributed by atoms with Crippen LogP contribution < -0.4 is 5.32 Å². The Hall–Kier alpha value is -0.610. The lowest BCUT2D eigenvalue weighted by molar-refractivity contribution is 0.612. The van der Waals surface area contributed by atoms with Crippen molar-refractivity contribution in [1.82, 2.24) is 15.3 Å². The first kappa shape index (κ1) is 13.4. The van der Waals surface area contributed by atoms with Gasteiger partial charge in [-0.25, -0.2) is 9.97 Å². The summed E-state index contributed by atoms with van der Waals surface area (Å²) < 4.78 is 0.278. The first-order valence-electron chi connectivity index (χ1n) is 7.26. The molecular formula is C15H23N3S. The van der Waals surface area contributed by atoms with Crippen LogP contribution in [0.3, 0.4) is 0 Å². The summed E-state index contributed by atoms with van der Waals surface area (Å²) in [6.45, 7) is 8.78. The van der Waals surface area contributed by atoms with Gasteiger partial charge in [-0.2, -0.15) is 0 Å². The minimum absolute atomic E-state index is 0.278. The van der Waals surface area contributed by atoms with Crippen LogP contribution in [0.1, 0.15) is 62.3 Å². The molecule has 4 heteroatoms. The minimum Gasteiger partial charge on any atom is -0.312 e. The summed E-state index contributed by atoms with van der Waals surface area (Å²) >= 11 is 1.94. The van der Waals surface area contributed by atoms with Gasteiger partial charge >= 0.3 is 0 Å². The van der Waals surface area contributed by atoms with E-state index in [2.05, 4.69) is 26.1 Å². The molecule has 0 bridgehead atoms. The van der Waals surface area contributed by atoms with Crippen molar-refractivity contribution in [3.63, 3.8) is 0 Å². The second kappa shape index (κ2) is 5.06. The van der Waals surface area contributed by atoms with Crippen molar-refractivity contribution in [3.8, 4) is 0 Å². The molecule has 3 nitrogen and oxygen atoms in total. The van der Waals surface area contributed by atoms with E-state index >= 15 is 0 Å². The monoisotopic (exact) mass is 277 g/mol. The summed E-state index contributed by atoms with van der Waals surface area (Å²) in [5.74, 6) is 2.70. The highest BCUT2D eigenvalue weighted by Gasteiger charge is 2.30. The van der Waals surface area contributed by atoms with Crippen molar-refractivity contribution < 1.29 is 0 Å². The van der Waals surface area contributed by atoms with E-state index < -0.39 is 0 Å². The summed E-state index contributed by atoms with van der Waals surface area (Å²) in [5, 5.41) is 3.45. The Morgan fingerprint density at radius 2 is 2.05 bits per heavy atom. The van der Waals surface area contributed by atoms with Gasteiger partial charge in [0.05, 0.1) is 17.1 Å². The fraction of sp³-hybridized carbons (Fsp3) is 0.733. The second-order valence-corrected chi connectivity index (χ2v) is 8.35. The lowest BCUT2D eigenvalue weighted by Gasteiger charge is -2.21. The molecule has 1 N–H and O–H groups in total. The van der Waals surface area contributed by atoms with Crippen molar-refractivity contribution in [3.05, 3.63) is 22.8 Å². The Kier molecular flexibility index (Phi) is 3.56. The predicted octanol–water partition coefficient (Wildman–Crippen LogP) is 3.03. The molecule has 1 aliphatic carbocycles. The molecule has 1 fully saturated rings. The Morgan fingerprint density at radius 1 is 1.26 bits per heavy atom. The van der Waals surface area contributed by atoms with Crippen molar-refractivity contribution >= 4 is 11.8 Å². The van der Waals surface area contributed by atoms with E-state index in [0.29, 0.717) is 0 Å². The Morgan fingerprint density at radius 3 is 2.74 bits per heavy atom. The minimum atomic E-state index is 0.278. The predicted molar refractivity (Wildman–Crippen MR) is 80.5 cm³/mol. The SMILES string of the molecule is CC(C)(C)SCc1nc2c(c(C3CC3)n1)CNCC2. The smallest absolute Gasteiger partial charge is 0.138 e. The Balaban J connectivity index is 1.86. The number of nitrogens with one attached hydrogen (secondary N) is 1. The highest BCUT2D eigenvalue weighted by atomic mass is 32.2. The molecule has 1 aliphatic heterocycles. The summed E-state index contributed by atoms with van der Waals surface area (Å²) in [7, 11) is 0. The summed E-state index contributed by atoms with van der Waals surface area (Å²) in [5.41, 5.74) is 4.06. The average molecular weight is 277 g/mol. The molecule has 1 aromatic heterocycles. The average Bonchev–Trinajstić information content (AvgIpc) is 3.19. The molecule has 0 unspecified atom stereocenters. The molecule has 1 saturated carbocycles. The third-order valence-corrected chi connectivity index (χ3v) is 4.88. The number of aromatic nitrogens is 2. The third kappa shape index (κ3) is 3.29. The zero-order chi connectivity index (χ0) is 13.5. The molecule has 0 saturated heterocycles. The highest BCUT2D eigenvalue weighted by molar-refractivity contribution is 7.99. The van der Waals surface area contributed by atoms with Crippen LogP contribution in [0.25, 0.3) is 0 Å². The maximum Gasteiger partial charge on any atom is 0.138 e. The van der Waals surface area contributed by atoms with Gasteiger partial charge in [-0.15, -0.1) is 11.8 Å². The van der Waals surface area contributed by atoms with Gasteiger partial charge in [0.1, 0.15) is 5.82 Å². The normalized spacial score (nSPS) is 19.3. The maximum atomic E-state index is 4.88. The largest absolute Gasteiger partial charge is 0.312 e. The highest BCUT2D eigenvalue weighted by Crippen LogP contribution is 2.41. The standard InChI is InChI=1S/C15H23N3S/c1-15(2,3)19-9-13-17-12-6-7-16-8-11(12)14(18-13)10-4-5-10/h10,16H,4-9H2,1-3H3. The van der Waals surface area contributed by atoms with E-state index in [0.717, 1.165) is 37.0 Å². The molecule has 104 valence electrons. The maximum absolute atomic E-state index is 4.88. The number of nitrogens with zero attached hydrogens (tertiary/aromatic N) is 2. The van der Waals surface area contributed by atoms with Crippen molar-refractivity contribution in [2.24, 2.45) is 0 Å². The van der Waals surface area contributed by atoms with Gasteiger partial charge in [0.2, 0.25) is 0 Å². The van der Waals surface area contributed by atoms with Crippen LogP contribution in [-0.2, 0) is 18.7 Å². The topological polar surface area (TPSA) is 37.8 Å². The van der Waals surface area contributed by atoms with Crippen LogP contribution in [0.5, 0.6) is 0 Å². The molecule has 0 atom stereocenters. The molecule has 19 heavy (non-hydrogen) atoms. The van der Waals surface area contributed by atoms with E-state index in [9.17, 15) is 0 Å². The number of fused-ring (bicyclic) bond motifs is 1. The molecule has 0 spiro atoms. The second-order valence-electron chi connectivity index (χ2n) is 6.55. The first-order chi connectivity index (χ1) is 9.03. The summed E-state index contributed by atoms with van der Waals surface area (Å²) in [6, 6.07) is 0. The van der Waals surface area contributed by atoms with Gasteiger partial charge in [-0.3, -0.25) is 0 Å². The van der Waals surface area contributed by atoms with Crippen LogP contribution in [0, 0.1) is 0 Å². The zero-order valence-electron chi connectivity index (χ0n) is 12.1. The van der Waals surface area contributed by atoms with Gasteiger partial charge in [-0.1, -0.05) is 20.8 Å². The van der Waals surface area contributed by atoms with Crippen LogP contribution in [-0.4, -0.2) is 21.3 Å². The van der Waals surface area contributed by atoms with E-state index in [4.69, 9.17) is 9.97 Å². The number of hydrogen-bond acceptors (Lipinski definition) is 4. The van der Waals surface area contributed by atoms with Gasteiger partial charge in [0, 0.05) is 35.7 Å². The summed E-state index contributed by atoms with van der Waals surface area (Å²) in [6.07, 6.45) is 3.69. The molecular weight excluding hydrogens is 254 g/mol. The Bertz CT molecular complexity index is 475. The summed E-state index contributed by atoms with van der Waals surface area (Å²) in [4.78, 5) is 9.69. The van der Waals surface area contributed by atoms with Gasteiger partial charge < -0.3 is 5.32 Å². The molecule has 3 rings (SSSR count). The lowest BCUT2D eigenvalue weighted by Crippen LogP contribution is -2.27. The van der Waals surface area contributed by atoms with E-state index in [1.54, 1.807) is 0 Å². The van der Waals surface area contributed by atoms with Crippen LogP contribution >= 0.6 is 11.8 Å². The molecule has 0 radical (unpaired) electrons.